The van der Waals surface area contributed by atoms with Gasteiger partial charge in [0.2, 0.25) is 0 Å². The van der Waals surface area contributed by atoms with Crippen LogP contribution >= 0.6 is 0 Å². The topological polar surface area (TPSA) is 79.3 Å². The second kappa shape index (κ2) is 14.2. The van der Waals surface area contributed by atoms with Gasteiger partial charge in [-0.1, -0.05) is 51.3 Å². The zero-order chi connectivity index (χ0) is 23.2. The Bertz CT molecular complexity index is 789. The molecule has 1 rings (SSSR count). The third kappa shape index (κ3) is 8.44. The van der Waals surface area contributed by atoms with Gasteiger partial charge in [-0.25, -0.2) is 10.2 Å². The second-order valence-corrected chi connectivity index (χ2v) is 7.31. The van der Waals surface area contributed by atoms with Crippen LogP contribution < -0.4 is 22.3 Å². The standard InChI is InChI=1S/C25H38FN5/c1-6-10-22(16-17-27)24(20(5)21-12-14-23(26)15-13-21)25(30-28)29-19(4)11-9-18-31(7-2)8-3/h6,10,12-17,19,29-30H,1,5,7-9,11,18,27-28H2,2-4H3/b17-16-,22-10+,25-24+. The first-order valence-corrected chi connectivity index (χ1v) is 10.8. The van der Waals surface area contributed by atoms with Crippen molar-refractivity contribution < 1.29 is 4.39 Å². The Balaban J connectivity index is 3.24. The van der Waals surface area contributed by atoms with Crippen LogP contribution in [-0.2, 0) is 0 Å². The second-order valence-electron chi connectivity index (χ2n) is 7.31. The summed E-state index contributed by atoms with van der Waals surface area (Å²) in [4.78, 5) is 2.41. The Kier molecular flexibility index (Phi) is 12.0. The van der Waals surface area contributed by atoms with Gasteiger partial charge in [0.1, 0.15) is 11.6 Å². The first-order chi connectivity index (χ1) is 14.9. The van der Waals surface area contributed by atoms with Crippen LogP contribution in [0.1, 0.15) is 39.2 Å². The van der Waals surface area contributed by atoms with E-state index in [0.29, 0.717) is 11.4 Å². The van der Waals surface area contributed by atoms with Gasteiger partial charge >= 0.3 is 0 Å². The molecule has 1 aromatic rings. The minimum Gasteiger partial charge on any atom is -0.405 e. The molecule has 1 aromatic carbocycles. The third-order valence-electron chi connectivity index (χ3n) is 5.15. The molecule has 5 nitrogen and oxygen atoms in total. The van der Waals surface area contributed by atoms with Crippen molar-refractivity contribution in [2.75, 3.05) is 19.6 Å². The van der Waals surface area contributed by atoms with Crippen LogP contribution in [-0.4, -0.2) is 30.6 Å². The van der Waals surface area contributed by atoms with Crippen LogP contribution in [0.15, 0.2) is 78.8 Å². The fourth-order valence-electron chi connectivity index (χ4n) is 3.38. The number of hydrogen-bond acceptors (Lipinski definition) is 5. The maximum atomic E-state index is 13.4. The summed E-state index contributed by atoms with van der Waals surface area (Å²) >= 11 is 0. The lowest BCUT2D eigenvalue weighted by molar-refractivity contribution is 0.291. The monoisotopic (exact) mass is 427 g/mol. The molecule has 0 aliphatic rings. The van der Waals surface area contributed by atoms with Gasteiger partial charge < -0.3 is 21.4 Å². The molecule has 170 valence electrons. The van der Waals surface area contributed by atoms with Crippen LogP contribution in [0, 0.1) is 5.82 Å². The lowest BCUT2D eigenvalue weighted by Crippen LogP contribution is -2.38. The molecule has 0 saturated heterocycles. The van der Waals surface area contributed by atoms with Gasteiger partial charge in [-0.3, -0.25) is 0 Å². The molecule has 6 N–H and O–H groups in total. The number of halogens is 1. The summed E-state index contributed by atoms with van der Waals surface area (Å²) in [6.45, 7) is 17.7. The fourth-order valence-corrected chi connectivity index (χ4v) is 3.38. The number of hydrogen-bond donors (Lipinski definition) is 4. The van der Waals surface area contributed by atoms with Gasteiger partial charge in [0.05, 0.1) is 0 Å². The van der Waals surface area contributed by atoms with E-state index in [-0.39, 0.29) is 11.9 Å². The number of nitrogens with one attached hydrogen (secondary N) is 2. The van der Waals surface area contributed by atoms with Gasteiger partial charge in [-0.05, 0) is 80.5 Å². The van der Waals surface area contributed by atoms with E-state index < -0.39 is 0 Å². The Morgan fingerprint density at radius 1 is 1.23 bits per heavy atom. The molecular formula is C25H38FN5. The molecule has 0 amide bonds. The summed E-state index contributed by atoms with van der Waals surface area (Å²) < 4.78 is 13.4. The van der Waals surface area contributed by atoms with Gasteiger partial charge in [0.15, 0.2) is 0 Å². The van der Waals surface area contributed by atoms with Crippen molar-refractivity contribution in [3.05, 3.63) is 90.2 Å². The minimum atomic E-state index is -0.303. The molecule has 31 heavy (non-hydrogen) atoms. The Morgan fingerprint density at radius 3 is 2.39 bits per heavy atom. The summed E-state index contributed by atoms with van der Waals surface area (Å²) in [7, 11) is 0. The SMILES string of the molecule is C=C/C=C(\C=C/N)C(/C(=C)c1ccc(F)cc1)=C(/NN)NC(C)CCCN(CC)CC. The predicted octanol–water partition coefficient (Wildman–Crippen LogP) is 4.20. The van der Waals surface area contributed by atoms with Crippen molar-refractivity contribution in [3.8, 4) is 0 Å². The Labute approximate surface area is 187 Å². The smallest absolute Gasteiger partial charge is 0.123 e. The number of nitrogens with zero attached hydrogens (tertiary/aromatic N) is 1. The van der Waals surface area contributed by atoms with E-state index in [1.54, 1.807) is 24.3 Å². The molecular weight excluding hydrogens is 389 g/mol. The highest BCUT2D eigenvalue weighted by molar-refractivity contribution is 5.84. The molecule has 6 heteroatoms. The molecule has 1 unspecified atom stereocenters. The van der Waals surface area contributed by atoms with E-state index in [2.05, 4.69) is 49.6 Å². The van der Waals surface area contributed by atoms with Crippen LogP contribution in [0.4, 0.5) is 4.39 Å². The molecule has 0 aliphatic carbocycles. The Morgan fingerprint density at radius 2 is 1.87 bits per heavy atom. The zero-order valence-electron chi connectivity index (χ0n) is 19.1. The maximum absolute atomic E-state index is 13.4. The lowest BCUT2D eigenvalue weighted by Gasteiger charge is -2.24. The Hall–Kier alpha value is -2.83. The van der Waals surface area contributed by atoms with E-state index in [0.717, 1.165) is 49.2 Å². The summed E-state index contributed by atoms with van der Waals surface area (Å²) in [6.07, 6.45) is 8.77. The molecule has 0 fully saturated rings. The zero-order valence-corrected chi connectivity index (χ0v) is 19.1. The van der Waals surface area contributed by atoms with Crippen molar-refractivity contribution in [2.24, 2.45) is 11.6 Å². The van der Waals surface area contributed by atoms with Crippen molar-refractivity contribution in [3.63, 3.8) is 0 Å². The lowest BCUT2D eigenvalue weighted by atomic mass is 9.92. The quantitative estimate of drug-likeness (QED) is 0.203. The van der Waals surface area contributed by atoms with E-state index in [1.165, 1.54) is 18.3 Å². The summed E-state index contributed by atoms with van der Waals surface area (Å²) in [6, 6.07) is 6.37. The molecule has 0 aromatic heterocycles. The van der Waals surface area contributed by atoms with Crippen LogP contribution in [0.3, 0.4) is 0 Å². The number of rotatable bonds is 14. The summed E-state index contributed by atoms with van der Waals surface area (Å²) in [5.74, 6) is 6.24. The molecule has 0 saturated carbocycles. The van der Waals surface area contributed by atoms with Crippen LogP contribution in [0.25, 0.3) is 5.57 Å². The molecule has 1 atom stereocenters. The van der Waals surface area contributed by atoms with Gasteiger partial charge in [-0.2, -0.15) is 0 Å². The van der Waals surface area contributed by atoms with E-state index in [4.69, 9.17) is 11.6 Å². The highest BCUT2D eigenvalue weighted by Crippen LogP contribution is 2.30. The van der Waals surface area contributed by atoms with Crippen molar-refractivity contribution in [2.45, 2.75) is 39.7 Å². The van der Waals surface area contributed by atoms with Gasteiger partial charge in [-0.15, -0.1) is 0 Å². The van der Waals surface area contributed by atoms with E-state index >= 15 is 0 Å². The van der Waals surface area contributed by atoms with E-state index in [9.17, 15) is 4.39 Å². The highest BCUT2D eigenvalue weighted by atomic mass is 19.1. The molecule has 0 spiro atoms. The van der Waals surface area contributed by atoms with Crippen molar-refractivity contribution in [1.29, 1.82) is 0 Å². The van der Waals surface area contributed by atoms with Gasteiger partial charge in [0, 0.05) is 11.6 Å². The normalized spacial score (nSPS) is 13.8. The van der Waals surface area contributed by atoms with Crippen molar-refractivity contribution in [1.82, 2.24) is 15.6 Å². The minimum absolute atomic E-state index is 0.171. The first-order valence-electron chi connectivity index (χ1n) is 10.8. The maximum Gasteiger partial charge on any atom is 0.123 e. The highest BCUT2D eigenvalue weighted by Gasteiger charge is 2.17. The molecule has 0 radical (unpaired) electrons. The van der Waals surface area contributed by atoms with E-state index in [1.807, 2.05) is 6.08 Å². The molecule has 0 aliphatic heterocycles. The number of nitrogens with two attached hydrogens (primary N) is 2. The fraction of sp³-hybridized carbons (Fsp3) is 0.360. The number of hydrazine groups is 1. The average Bonchev–Trinajstić information content (AvgIpc) is 2.76. The average molecular weight is 428 g/mol. The predicted molar refractivity (Wildman–Crippen MR) is 131 cm³/mol. The van der Waals surface area contributed by atoms with Crippen LogP contribution in [0.5, 0.6) is 0 Å². The first kappa shape index (κ1) is 26.2. The summed E-state index contributed by atoms with van der Waals surface area (Å²) in [5, 5.41) is 3.48. The summed E-state index contributed by atoms with van der Waals surface area (Å²) in [5.41, 5.74) is 11.5. The van der Waals surface area contributed by atoms with Crippen molar-refractivity contribution >= 4 is 5.57 Å². The van der Waals surface area contributed by atoms with Crippen LogP contribution in [0.2, 0.25) is 0 Å². The molecule has 0 bridgehead atoms. The third-order valence-corrected chi connectivity index (χ3v) is 5.15. The largest absolute Gasteiger partial charge is 0.405 e. The number of allylic oxidation sites excluding steroid dienone is 6. The number of benzene rings is 1. The molecule has 0 heterocycles. The van der Waals surface area contributed by atoms with Gasteiger partial charge in [0.25, 0.3) is 0 Å².